The summed E-state index contributed by atoms with van der Waals surface area (Å²) in [6, 6.07) is 9.06. The van der Waals surface area contributed by atoms with Crippen molar-refractivity contribution in [2.45, 2.75) is 77.7 Å². The minimum Gasteiger partial charge on any atom is -0.481 e. The number of benzene rings is 1. The number of carboxylic acids is 1. The summed E-state index contributed by atoms with van der Waals surface area (Å²) in [5, 5.41) is 12.4. The van der Waals surface area contributed by atoms with E-state index in [9.17, 15) is 9.59 Å². The van der Waals surface area contributed by atoms with Gasteiger partial charge in [0.25, 0.3) is 5.91 Å². The van der Waals surface area contributed by atoms with Crippen molar-refractivity contribution in [3.05, 3.63) is 62.3 Å². The molecule has 1 heterocycles. The van der Waals surface area contributed by atoms with Gasteiger partial charge in [-0.05, 0) is 99.3 Å². The number of aliphatic carboxylic acids is 1. The highest BCUT2D eigenvalue weighted by atomic mass is 32.1. The second-order valence-electron chi connectivity index (χ2n) is 10.4. The molecule has 1 spiro atoms. The zero-order valence-corrected chi connectivity index (χ0v) is 20.4. The summed E-state index contributed by atoms with van der Waals surface area (Å²) < 4.78 is 0. The average molecular weight is 464 g/mol. The van der Waals surface area contributed by atoms with Crippen LogP contribution in [0.1, 0.15) is 88.2 Å². The molecule has 0 aliphatic heterocycles. The van der Waals surface area contributed by atoms with Gasteiger partial charge in [-0.25, -0.2) is 0 Å². The van der Waals surface area contributed by atoms with Crippen LogP contribution < -0.4 is 5.32 Å². The predicted molar refractivity (Wildman–Crippen MR) is 133 cm³/mol. The number of aryl methyl sites for hydroxylation is 2. The third-order valence-corrected chi connectivity index (χ3v) is 9.07. The fraction of sp³-hybridized carbons (Fsp3) is 0.500. The normalized spacial score (nSPS) is 26.3. The van der Waals surface area contributed by atoms with Crippen molar-refractivity contribution >= 4 is 28.8 Å². The minimum atomic E-state index is -0.675. The lowest BCUT2D eigenvalue weighted by Crippen LogP contribution is -2.57. The number of amides is 1. The van der Waals surface area contributed by atoms with Crippen molar-refractivity contribution in [2.75, 3.05) is 0 Å². The number of carbonyl (C=O) groups is 2. The molecule has 2 saturated carbocycles. The SMILES string of the molecule is Cc1sc(C)c(C(=O)NC2CC3(C2)CC(C(=O)O)C3)c1Cc1ccc(C2=CCCCC2)cc1. The third kappa shape index (κ3) is 4.40. The molecule has 0 atom stereocenters. The first-order valence-electron chi connectivity index (χ1n) is 12.2. The zero-order valence-electron chi connectivity index (χ0n) is 19.6. The highest BCUT2D eigenvalue weighted by molar-refractivity contribution is 7.12. The van der Waals surface area contributed by atoms with Gasteiger partial charge in [-0.3, -0.25) is 9.59 Å². The summed E-state index contributed by atoms with van der Waals surface area (Å²) in [4.78, 5) is 26.6. The summed E-state index contributed by atoms with van der Waals surface area (Å²) in [6.45, 7) is 4.16. The third-order valence-electron chi connectivity index (χ3n) is 8.01. The monoisotopic (exact) mass is 463 g/mol. The Balaban J connectivity index is 1.24. The minimum absolute atomic E-state index is 0.0322. The Hall–Kier alpha value is -2.40. The van der Waals surface area contributed by atoms with Crippen molar-refractivity contribution in [3.63, 3.8) is 0 Å². The van der Waals surface area contributed by atoms with Crippen LogP contribution in [0, 0.1) is 25.2 Å². The number of hydrogen-bond donors (Lipinski definition) is 2. The van der Waals surface area contributed by atoms with Gasteiger partial charge < -0.3 is 10.4 Å². The molecule has 2 N–H and O–H groups in total. The first kappa shape index (κ1) is 22.4. The molecule has 3 aliphatic carbocycles. The fourth-order valence-corrected chi connectivity index (χ4v) is 7.30. The summed E-state index contributed by atoms with van der Waals surface area (Å²) in [5.74, 6) is -0.828. The van der Waals surface area contributed by atoms with E-state index in [4.69, 9.17) is 5.11 Å². The number of hydrogen-bond acceptors (Lipinski definition) is 3. The lowest BCUT2D eigenvalue weighted by Gasteiger charge is -2.56. The molecule has 1 aromatic carbocycles. The van der Waals surface area contributed by atoms with Gasteiger partial charge in [0.05, 0.1) is 11.5 Å². The van der Waals surface area contributed by atoms with E-state index in [1.165, 1.54) is 47.3 Å². The molecular weight excluding hydrogens is 430 g/mol. The smallest absolute Gasteiger partial charge is 0.306 e. The molecule has 1 aromatic heterocycles. The average Bonchev–Trinajstić information content (AvgIpc) is 3.02. The number of thiophene rings is 1. The van der Waals surface area contributed by atoms with Crippen LogP contribution in [0.15, 0.2) is 30.3 Å². The van der Waals surface area contributed by atoms with E-state index in [0.717, 1.165) is 48.1 Å². The topological polar surface area (TPSA) is 66.4 Å². The van der Waals surface area contributed by atoms with Crippen molar-refractivity contribution in [1.82, 2.24) is 5.32 Å². The molecule has 4 nitrogen and oxygen atoms in total. The Morgan fingerprint density at radius 2 is 1.79 bits per heavy atom. The lowest BCUT2D eigenvalue weighted by atomic mass is 9.50. The number of nitrogens with one attached hydrogen (secondary N) is 1. The first-order chi connectivity index (χ1) is 15.8. The van der Waals surface area contributed by atoms with Gasteiger partial charge in [-0.1, -0.05) is 30.3 Å². The Kier molecular flexibility index (Phi) is 5.94. The number of allylic oxidation sites excluding steroid dienone is 2. The Bertz CT molecular complexity index is 1100. The van der Waals surface area contributed by atoms with E-state index in [1.54, 1.807) is 11.3 Å². The van der Waals surface area contributed by atoms with E-state index in [-0.39, 0.29) is 23.3 Å². The molecular formula is C28H33NO3S. The molecule has 2 fully saturated rings. The van der Waals surface area contributed by atoms with E-state index in [1.807, 2.05) is 6.92 Å². The van der Waals surface area contributed by atoms with Crippen LogP contribution in [-0.4, -0.2) is 23.0 Å². The van der Waals surface area contributed by atoms with Crippen LogP contribution in [0.2, 0.25) is 0 Å². The van der Waals surface area contributed by atoms with E-state index < -0.39 is 5.97 Å². The molecule has 2 aromatic rings. The van der Waals surface area contributed by atoms with Crippen molar-refractivity contribution in [2.24, 2.45) is 11.3 Å². The Labute approximate surface area is 200 Å². The van der Waals surface area contributed by atoms with Crippen LogP contribution in [0.4, 0.5) is 0 Å². The molecule has 0 saturated heterocycles. The van der Waals surface area contributed by atoms with Gasteiger partial charge in [0.1, 0.15) is 0 Å². The van der Waals surface area contributed by atoms with Crippen LogP contribution >= 0.6 is 11.3 Å². The molecule has 5 rings (SSSR count). The summed E-state index contributed by atoms with van der Waals surface area (Å²) in [5.41, 5.74) is 6.18. The fourth-order valence-electron chi connectivity index (χ4n) is 6.22. The Morgan fingerprint density at radius 3 is 2.42 bits per heavy atom. The van der Waals surface area contributed by atoms with E-state index in [2.05, 4.69) is 42.6 Å². The van der Waals surface area contributed by atoms with E-state index >= 15 is 0 Å². The Morgan fingerprint density at radius 1 is 1.06 bits per heavy atom. The number of rotatable bonds is 6. The maximum absolute atomic E-state index is 13.2. The molecule has 3 aliphatic rings. The maximum atomic E-state index is 13.2. The quantitative estimate of drug-likeness (QED) is 0.529. The first-order valence-corrected chi connectivity index (χ1v) is 13.1. The molecule has 5 heteroatoms. The zero-order chi connectivity index (χ0) is 23.2. The molecule has 33 heavy (non-hydrogen) atoms. The number of carboxylic acid groups (broad SMARTS) is 1. The molecule has 0 radical (unpaired) electrons. The van der Waals surface area contributed by atoms with Crippen molar-refractivity contribution in [1.29, 1.82) is 0 Å². The van der Waals surface area contributed by atoms with Gasteiger partial charge in [0.2, 0.25) is 0 Å². The van der Waals surface area contributed by atoms with Crippen LogP contribution in [-0.2, 0) is 11.2 Å². The van der Waals surface area contributed by atoms with E-state index in [0.29, 0.717) is 0 Å². The predicted octanol–water partition coefficient (Wildman–Crippen LogP) is 6.29. The molecule has 1 amide bonds. The largest absolute Gasteiger partial charge is 0.481 e. The van der Waals surface area contributed by atoms with Gasteiger partial charge in [-0.15, -0.1) is 11.3 Å². The van der Waals surface area contributed by atoms with Crippen LogP contribution in [0.25, 0.3) is 5.57 Å². The molecule has 0 unspecified atom stereocenters. The van der Waals surface area contributed by atoms with Crippen molar-refractivity contribution < 1.29 is 14.7 Å². The number of carbonyl (C=O) groups excluding carboxylic acids is 1. The van der Waals surface area contributed by atoms with Crippen LogP contribution in [0.5, 0.6) is 0 Å². The lowest BCUT2D eigenvalue weighted by molar-refractivity contribution is -0.155. The van der Waals surface area contributed by atoms with Gasteiger partial charge >= 0.3 is 5.97 Å². The van der Waals surface area contributed by atoms with Gasteiger partial charge in [-0.2, -0.15) is 0 Å². The second-order valence-corrected chi connectivity index (χ2v) is 11.9. The van der Waals surface area contributed by atoms with Crippen LogP contribution in [0.3, 0.4) is 0 Å². The molecule has 0 bridgehead atoms. The van der Waals surface area contributed by atoms with Gasteiger partial charge in [0, 0.05) is 15.8 Å². The van der Waals surface area contributed by atoms with Crippen molar-refractivity contribution in [3.8, 4) is 0 Å². The second kappa shape index (κ2) is 8.75. The summed E-state index contributed by atoms with van der Waals surface area (Å²) in [7, 11) is 0. The highest BCUT2D eigenvalue weighted by Gasteiger charge is 2.55. The van der Waals surface area contributed by atoms with Gasteiger partial charge in [0.15, 0.2) is 0 Å². The maximum Gasteiger partial charge on any atom is 0.306 e. The highest BCUT2D eigenvalue weighted by Crippen LogP contribution is 2.58. The summed E-state index contributed by atoms with van der Waals surface area (Å²) >= 11 is 1.71. The standard InChI is InChI=1S/C28H33NO3S/c1-17-24(12-19-8-10-21(11-9-19)20-6-4-3-5-7-20)25(18(2)33-17)26(30)29-23-15-28(16-23)13-22(14-28)27(31)32/h6,8-11,22-23H,3-5,7,12-16H2,1-2H3,(H,29,30)(H,31,32). The summed E-state index contributed by atoms with van der Waals surface area (Å²) in [6.07, 6.45) is 11.4. The molecule has 174 valence electrons.